The van der Waals surface area contributed by atoms with Gasteiger partial charge in [-0.3, -0.25) is 9.98 Å². The minimum atomic E-state index is 0.247. The van der Waals surface area contributed by atoms with E-state index in [1.165, 1.54) is 12.8 Å². The van der Waals surface area contributed by atoms with E-state index in [1.54, 1.807) is 10.7 Å². The molecule has 0 bridgehead atoms. The van der Waals surface area contributed by atoms with Crippen LogP contribution in [0, 0.1) is 12.8 Å². The maximum atomic E-state index is 5.59. The summed E-state index contributed by atoms with van der Waals surface area (Å²) in [6.07, 6.45) is 6.53. The van der Waals surface area contributed by atoms with Crippen molar-refractivity contribution in [1.29, 1.82) is 0 Å². The zero-order valence-corrected chi connectivity index (χ0v) is 15.2. The van der Waals surface area contributed by atoms with Crippen LogP contribution in [0.3, 0.4) is 0 Å². The Kier molecular flexibility index (Phi) is 4.79. The summed E-state index contributed by atoms with van der Waals surface area (Å²) in [5, 5.41) is 4.13. The average Bonchev–Trinajstić information content (AvgIpc) is 3.22. The number of anilines is 1. The van der Waals surface area contributed by atoms with Gasteiger partial charge in [-0.25, -0.2) is 9.50 Å². The fourth-order valence-electron chi connectivity index (χ4n) is 2.36. The number of aryl methyl sites for hydroxylation is 1. The van der Waals surface area contributed by atoms with Crippen molar-refractivity contribution in [3.05, 3.63) is 36.3 Å². The molecule has 3 aromatic heterocycles. The van der Waals surface area contributed by atoms with E-state index >= 15 is 0 Å². The number of nitrogens with zero attached hydrogens (tertiary/aromatic N) is 5. The van der Waals surface area contributed by atoms with E-state index in [2.05, 4.69) is 27.0 Å². The molecule has 0 radical (unpaired) electrons. The number of rotatable bonds is 2. The normalized spacial score (nSPS) is 13.3. The van der Waals surface area contributed by atoms with Crippen LogP contribution in [0.1, 0.15) is 39.3 Å². The summed E-state index contributed by atoms with van der Waals surface area (Å²) in [6.45, 7) is 8.17. The second-order valence-corrected chi connectivity index (χ2v) is 6.72. The molecule has 25 heavy (non-hydrogen) atoms. The van der Waals surface area contributed by atoms with Crippen LogP contribution in [0.2, 0.25) is 0 Å². The number of aliphatic imine (C=N–C) groups is 1. The molecule has 3 aromatic rings. The number of aromatic nitrogens is 4. The maximum Gasteiger partial charge on any atom is 0.238 e. The Labute approximate surface area is 147 Å². The van der Waals surface area contributed by atoms with Gasteiger partial charge in [-0.15, -0.1) is 5.10 Å². The van der Waals surface area contributed by atoms with Crippen molar-refractivity contribution in [2.24, 2.45) is 10.9 Å². The number of nitrogen functional groups attached to an aromatic ring is 1. The summed E-state index contributed by atoms with van der Waals surface area (Å²) in [5.74, 6) is 1.33. The van der Waals surface area contributed by atoms with Crippen molar-refractivity contribution in [2.75, 3.05) is 5.73 Å². The fraction of sp³-hybridized carbons (Fsp3) is 0.368. The molecule has 0 atom stereocenters. The molecule has 130 valence electrons. The molecule has 1 saturated carbocycles. The molecule has 1 aliphatic carbocycles. The van der Waals surface area contributed by atoms with Crippen LogP contribution in [0.4, 0.5) is 11.6 Å². The highest BCUT2D eigenvalue weighted by Crippen LogP contribution is 2.27. The van der Waals surface area contributed by atoms with Crippen molar-refractivity contribution in [3.8, 4) is 11.3 Å². The fourth-order valence-corrected chi connectivity index (χ4v) is 2.36. The molecule has 3 heterocycles. The summed E-state index contributed by atoms with van der Waals surface area (Å²) in [6, 6.07) is 5.89. The molecule has 1 aliphatic rings. The summed E-state index contributed by atoms with van der Waals surface area (Å²) in [7, 11) is 0. The van der Waals surface area contributed by atoms with Crippen LogP contribution in [0.25, 0.3) is 16.8 Å². The Morgan fingerprint density at radius 2 is 1.96 bits per heavy atom. The van der Waals surface area contributed by atoms with Crippen molar-refractivity contribution in [3.63, 3.8) is 0 Å². The van der Waals surface area contributed by atoms with E-state index in [-0.39, 0.29) is 5.95 Å². The summed E-state index contributed by atoms with van der Waals surface area (Å²) < 4.78 is 1.71. The minimum Gasteiger partial charge on any atom is -0.367 e. The van der Waals surface area contributed by atoms with Gasteiger partial charge in [0.05, 0.1) is 28.8 Å². The van der Waals surface area contributed by atoms with Crippen molar-refractivity contribution in [2.45, 2.75) is 40.5 Å². The SMILES string of the molecule is CC(C)=Nc1ccc(-c2ccn3nc(N)ncc23)nc1C.CC1CC1. The summed E-state index contributed by atoms with van der Waals surface area (Å²) in [5.41, 5.74) is 11.1. The van der Waals surface area contributed by atoms with Crippen LogP contribution in [0.5, 0.6) is 0 Å². The molecule has 0 aromatic carbocycles. The lowest BCUT2D eigenvalue weighted by atomic mass is 10.1. The van der Waals surface area contributed by atoms with Crippen molar-refractivity contribution >= 4 is 22.9 Å². The van der Waals surface area contributed by atoms with Crippen LogP contribution >= 0.6 is 0 Å². The Hall–Kier alpha value is -2.76. The lowest BCUT2D eigenvalue weighted by Gasteiger charge is -2.04. The Balaban J connectivity index is 0.000000401. The van der Waals surface area contributed by atoms with E-state index in [0.717, 1.165) is 39.8 Å². The highest BCUT2D eigenvalue weighted by Gasteiger charge is 2.12. The lowest BCUT2D eigenvalue weighted by Crippen LogP contribution is -1.99. The van der Waals surface area contributed by atoms with Gasteiger partial charge < -0.3 is 5.73 Å². The van der Waals surface area contributed by atoms with E-state index in [0.29, 0.717) is 0 Å². The first-order valence-electron chi connectivity index (χ1n) is 8.54. The summed E-state index contributed by atoms with van der Waals surface area (Å²) >= 11 is 0. The predicted molar refractivity (Wildman–Crippen MR) is 102 cm³/mol. The average molecular weight is 336 g/mol. The molecular formula is C19H24N6. The molecule has 0 spiro atoms. The molecule has 6 heteroatoms. The van der Waals surface area contributed by atoms with Gasteiger partial charge in [0.25, 0.3) is 0 Å². The zero-order chi connectivity index (χ0) is 18.0. The Morgan fingerprint density at radius 3 is 2.56 bits per heavy atom. The number of nitrogens with two attached hydrogens (primary N) is 1. The van der Waals surface area contributed by atoms with E-state index in [4.69, 9.17) is 5.73 Å². The van der Waals surface area contributed by atoms with Crippen molar-refractivity contribution < 1.29 is 0 Å². The van der Waals surface area contributed by atoms with Gasteiger partial charge in [-0.1, -0.05) is 19.8 Å². The van der Waals surface area contributed by atoms with Gasteiger partial charge in [0.2, 0.25) is 5.95 Å². The third-order valence-electron chi connectivity index (χ3n) is 3.98. The van der Waals surface area contributed by atoms with Gasteiger partial charge in [0.1, 0.15) is 0 Å². The molecular weight excluding hydrogens is 312 g/mol. The van der Waals surface area contributed by atoms with Crippen molar-refractivity contribution in [1.82, 2.24) is 19.6 Å². The quantitative estimate of drug-likeness (QED) is 0.711. The molecule has 0 unspecified atom stereocenters. The number of hydrogen-bond acceptors (Lipinski definition) is 5. The molecule has 0 aliphatic heterocycles. The number of hydrogen-bond donors (Lipinski definition) is 1. The largest absolute Gasteiger partial charge is 0.367 e. The highest BCUT2D eigenvalue weighted by atomic mass is 15.3. The second kappa shape index (κ2) is 7.01. The lowest BCUT2D eigenvalue weighted by molar-refractivity contribution is 0.917. The predicted octanol–water partition coefficient (Wildman–Crippen LogP) is 4.21. The third-order valence-corrected chi connectivity index (χ3v) is 3.98. The topological polar surface area (TPSA) is 81.5 Å². The standard InChI is InChI=1S/C15H16N6.C4H8/c1-9(2)18-12-4-5-13(19-10(12)3)11-6-7-21-14(11)8-17-15(16)20-21;1-4-2-3-4/h4-8H,1-3H3,(H2,16,20);4H,2-3H2,1H3. The van der Waals surface area contributed by atoms with E-state index in [9.17, 15) is 0 Å². The minimum absolute atomic E-state index is 0.247. The van der Waals surface area contributed by atoms with Gasteiger partial charge in [-0.2, -0.15) is 0 Å². The molecule has 1 fully saturated rings. The monoisotopic (exact) mass is 336 g/mol. The van der Waals surface area contributed by atoms with Crippen LogP contribution in [-0.4, -0.2) is 25.3 Å². The zero-order valence-electron chi connectivity index (χ0n) is 15.2. The molecule has 2 N–H and O–H groups in total. The first kappa shape index (κ1) is 17.1. The number of fused-ring (bicyclic) bond motifs is 1. The van der Waals surface area contributed by atoms with Crippen LogP contribution in [0.15, 0.2) is 35.6 Å². The second-order valence-electron chi connectivity index (χ2n) is 6.72. The van der Waals surface area contributed by atoms with Gasteiger partial charge >= 0.3 is 0 Å². The molecule has 4 rings (SSSR count). The van der Waals surface area contributed by atoms with Crippen LogP contribution < -0.4 is 5.73 Å². The van der Waals surface area contributed by atoms with Crippen LogP contribution in [-0.2, 0) is 0 Å². The summed E-state index contributed by atoms with van der Waals surface area (Å²) in [4.78, 5) is 13.1. The highest BCUT2D eigenvalue weighted by molar-refractivity contribution is 5.83. The van der Waals surface area contributed by atoms with E-state index < -0.39 is 0 Å². The first-order chi connectivity index (χ1) is 11.9. The molecule has 6 nitrogen and oxygen atoms in total. The molecule has 0 saturated heterocycles. The maximum absolute atomic E-state index is 5.59. The number of pyridine rings is 1. The Morgan fingerprint density at radius 1 is 1.24 bits per heavy atom. The third kappa shape index (κ3) is 4.21. The molecule has 0 amide bonds. The first-order valence-corrected chi connectivity index (χ1v) is 8.54. The van der Waals surface area contributed by atoms with Gasteiger partial charge in [0, 0.05) is 17.5 Å². The smallest absolute Gasteiger partial charge is 0.238 e. The Bertz CT molecular complexity index is 917. The van der Waals surface area contributed by atoms with Gasteiger partial charge in [0.15, 0.2) is 0 Å². The van der Waals surface area contributed by atoms with E-state index in [1.807, 2.05) is 45.2 Å². The van der Waals surface area contributed by atoms with Gasteiger partial charge in [-0.05, 0) is 44.9 Å².